The van der Waals surface area contributed by atoms with Crippen molar-refractivity contribution in [3.05, 3.63) is 45.7 Å². The van der Waals surface area contributed by atoms with E-state index in [1.54, 1.807) is 7.11 Å². The molecule has 1 aliphatic heterocycles. The minimum absolute atomic E-state index is 0.0372. The summed E-state index contributed by atoms with van der Waals surface area (Å²) in [6.07, 6.45) is 1.75. The SMILES string of the molecule is CCN(CC)C(=O)c1ccc(OC)c(CC2CCN(c3cc(=O)[nH]c(N)n3)C2)c1. The quantitative estimate of drug-likeness (QED) is 0.737. The van der Waals surface area contributed by atoms with Crippen molar-refractivity contribution >= 4 is 17.7 Å². The minimum atomic E-state index is -0.250. The summed E-state index contributed by atoms with van der Waals surface area (Å²) < 4.78 is 5.53. The Morgan fingerprint density at radius 2 is 2.10 bits per heavy atom. The molecule has 8 nitrogen and oxygen atoms in total. The normalized spacial score (nSPS) is 16.1. The molecule has 8 heteroatoms. The Morgan fingerprint density at radius 1 is 1.34 bits per heavy atom. The van der Waals surface area contributed by atoms with Crippen LogP contribution >= 0.6 is 0 Å². The monoisotopic (exact) mass is 399 g/mol. The minimum Gasteiger partial charge on any atom is -0.496 e. The molecule has 2 heterocycles. The maximum atomic E-state index is 12.7. The van der Waals surface area contributed by atoms with Crippen LogP contribution in [0.25, 0.3) is 0 Å². The molecule has 0 aliphatic carbocycles. The summed E-state index contributed by atoms with van der Waals surface area (Å²) in [6.45, 7) is 6.90. The highest BCUT2D eigenvalue weighted by atomic mass is 16.5. The number of amides is 1. The lowest BCUT2D eigenvalue weighted by Gasteiger charge is -2.20. The van der Waals surface area contributed by atoms with E-state index in [9.17, 15) is 9.59 Å². The first kappa shape index (κ1) is 20.7. The average molecular weight is 399 g/mol. The Kier molecular flexibility index (Phi) is 6.41. The molecule has 1 saturated heterocycles. The number of benzene rings is 1. The van der Waals surface area contributed by atoms with Crippen molar-refractivity contribution < 1.29 is 9.53 Å². The van der Waals surface area contributed by atoms with E-state index in [0.717, 1.165) is 37.2 Å². The lowest BCUT2D eigenvalue weighted by molar-refractivity contribution is 0.0773. The van der Waals surface area contributed by atoms with Crippen LogP contribution in [0.5, 0.6) is 5.75 Å². The lowest BCUT2D eigenvalue weighted by atomic mass is 9.96. The number of aromatic amines is 1. The van der Waals surface area contributed by atoms with Crippen LogP contribution < -0.4 is 20.9 Å². The van der Waals surface area contributed by atoms with E-state index in [-0.39, 0.29) is 17.4 Å². The summed E-state index contributed by atoms with van der Waals surface area (Å²) in [5.74, 6) is 1.92. The first-order valence-electron chi connectivity index (χ1n) is 10.0. The third kappa shape index (κ3) is 4.70. The van der Waals surface area contributed by atoms with Gasteiger partial charge >= 0.3 is 0 Å². The maximum absolute atomic E-state index is 12.7. The fourth-order valence-electron chi connectivity index (χ4n) is 3.91. The van der Waals surface area contributed by atoms with E-state index in [4.69, 9.17) is 10.5 Å². The molecule has 3 rings (SSSR count). The Balaban J connectivity index is 1.76. The Bertz CT molecular complexity index is 923. The van der Waals surface area contributed by atoms with Gasteiger partial charge in [0.1, 0.15) is 11.6 Å². The predicted octanol–water partition coefficient (Wildman–Crippen LogP) is 1.91. The fourth-order valence-corrected chi connectivity index (χ4v) is 3.91. The van der Waals surface area contributed by atoms with Crippen molar-refractivity contribution in [3.8, 4) is 5.75 Å². The van der Waals surface area contributed by atoms with Gasteiger partial charge in [0, 0.05) is 37.8 Å². The smallest absolute Gasteiger partial charge is 0.254 e. The number of methoxy groups -OCH3 is 1. The third-order valence-corrected chi connectivity index (χ3v) is 5.44. The topological polar surface area (TPSA) is 105 Å². The van der Waals surface area contributed by atoms with Crippen LogP contribution in [0.15, 0.2) is 29.1 Å². The molecule has 1 unspecified atom stereocenters. The van der Waals surface area contributed by atoms with Crippen LogP contribution in [-0.2, 0) is 6.42 Å². The van der Waals surface area contributed by atoms with Crippen LogP contribution in [-0.4, -0.2) is 54.1 Å². The first-order chi connectivity index (χ1) is 13.9. The zero-order chi connectivity index (χ0) is 21.0. The van der Waals surface area contributed by atoms with E-state index in [2.05, 4.69) is 14.9 Å². The zero-order valence-electron chi connectivity index (χ0n) is 17.3. The number of nitrogens with one attached hydrogen (secondary N) is 1. The van der Waals surface area contributed by atoms with Crippen molar-refractivity contribution in [1.29, 1.82) is 0 Å². The van der Waals surface area contributed by atoms with Crippen LogP contribution in [0, 0.1) is 5.92 Å². The van der Waals surface area contributed by atoms with Gasteiger partial charge in [0.2, 0.25) is 5.95 Å². The summed E-state index contributed by atoms with van der Waals surface area (Å²) >= 11 is 0. The summed E-state index contributed by atoms with van der Waals surface area (Å²) in [6, 6.07) is 7.12. The van der Waals surface area contributed by atoms with E-state index in [1.807, 2.05) is 36.9 Å². The molecule has 2 aromatic rings. The number of nitrogens with zero attached hydrogens (tertiary/aromatic N) is 3. The molecule has 29 heavy (non-hydrogen) atoms. The van der Waals surface area contributed by atoms with Crippen molar-refractivity contribution in [2.24, 2.45) is 5.92 Å². The summed E-state index contributed by atoms with van der Waals surface area (Å²) in [7, 11) is 1.65. The van der Waals surface area contributed by atoms with Gasteiger partial charge in [0.05, 0.1) is 7.11 Å². The van der Waals surface area contributed by atoms with E-state index >= 15 is 0 Å². The molecule has 1 amide bonds. The number of carbonyl (C=O) groups is 1. The number of rotatable bonds is 7. The Morgan fingerprint density at radius 3 is 2.76 bits per heavy atom. The van der Waals surface area contributed by atoms with E-state index in [1.165, 1.54) is 6.07 Å². The van der Waals surface area contributed by atoms with Gasteiger partial charge in [-0.3, -0.25) is 14.6 Å². The van der Waals surface area contributed by atoms with Gasteiger partial charge in [-0.2, -0.15) is 4.98 Å². The van der Waals surface area contributed by atoms with Crippen molar-refractivity contribution in [2.75, 3.05) is 43.9 Å². The number of aromatic nitrogens is 2. The van der Waals surface area contributed by atoms with Gasteiger partial charge < -0.3 is 20.3 Å². The highest BCUT2D eigenvalue weighted by Crippen LogP contribution is 2.29. The van der Waals surface area contributed by atoms with Crippen LogP contribution in [0.3, 0.4) is 0 Å². The molecule has 1 aromatic heterocycles. The second-order valence-corrected chi connectivity index (χ2v) is 7.30. The standard InChI is InChI=1S/C21H29N5O3/c1-4-25(5-2)20(28)15-6-7-17(29-3)16(11-15)10-14-8-9-26(13-14)18-12-19(27)24-21(22)23-18/h6-7,11-12,14H,4-5,8-10,13H2,1-3H3,(H3,22,23,24,27). The molecule has 0 radical (unpaired) electrons. The molecule has 1 aromatic carbocycles. The molecule has 1 aliphatic rings. The maximum Gasteiger partial charge on any atom is 0.254 e. The lowest BCUT2D eigenvalue weighted by Crippen LogP contribution is -2.30. The van der Waals surface area contributed by atoms with Gasteiger partial charge in [0.15, 0.2) is 0 Å². The molecule has 0 bridgehead atoms. The summed E-state index contributed by atoms with van der Waals surface area (Å²) in [5.41, 5.74) is 7.13. The predicted molar refractivity (Wildman–Crippen MR) is 114 cm³/mol. The number of ether oxygens (including phenoxy) is 1. The van der Waals surface area contributed by atoms with Crippen LogP contribution in [0.1, 0.15) is 36.2 Å². The van der Waals surface area contributed by atoms with E-state index < -0.39 is 0 Å². The second-order valence-electron chi connectivity index (χ2n) is 7.30. The molecule has 156 valence electrons. The van der Waals surface area contributed by atoms with Crippen molar-refractivity contribution in [1.82, 2.24) is 14.9 Å². The van der Waals surface area contributed by atoms with E-state index in [0.29, 0.717) is 30.4 Å². The third-order valence-electron chi connectivity index (χ3n) is 5.44. The number of anilines is 2. The Hall–Kier alpha value is -3.03. The molecule has 0 spiro atoms. The summed E-state index contributed by atoms with van der Waals surface area (Å²) in [4.78, 5) is 35.0. The average Bonchev–Trinajstić information content (AvgIpc) is 3.16. The van der Waals surface area contributed by atoms with Gasteiger partial charge in [0.25, 0.3) is 11.5 Å². The van der Waals surface area contributed by atoms with Gasteiger partial charge in [-0.1, -0.05) is 0 Å². The molecule has 1 atom stereocenters. The fraction of sp³-hybridized carbons (Fsp3) is 0.476. The number of nitrogen functional groups attached to an aromatic ring is 1. The molecule has 1 fully saturated rings. The zero-order valence-corrected chi connectivity index (χ0v) is 17.3. The number of hydrogen-bond acceptors (Lipinski definition) is 6. The highest BCUT2D eigenvalue weighted by molar-refractivity contribution is 5.94. The van der Waals surface area contributed by atoms with Crippen molar-refractivity contribution in [2.45, 2.75) is 26.7 Å². The molecular weight excluding hydrogens is 370 g/mol. The number of H-pyrrole nitrogens is 1. The van der Waals surface area contributed by atoms with Crippen LogP contribution in [0.2, 0.25) is 0 Å². The second kappa shape index (κ2) is 8.98. The molecule has 0 saturated carbocycles. The largest absolute Gasteiger partial charge is 0.496 e. The Labute approximate surface area is 170 Å². The highest BCUT2D eigenvalue weighted by Gasteiger charge is 2.26. The first-order valence-corrected chi connectivity index (χ1v) is 10.0. The number of nitrogens with two attached hydrogens (primary N) is 1. The summed E-state index contributed by atoms with van der Waals surface area (Å²) in [5, 5.41) is 0. The van der Waals surface area contributed by atoms with Crippen molar-refractivity contribution in [3.63, 3.8) is 0 Å². The number of carbonyl (C=O) groups excluding carboxylic acids is 1. The van der Waals surface area contributed by atoms with Crippen LogP contribution in [0.4, 0.5) is 11.8 Å². The van der Waals surface area contributed by atoms with Gasteiger partial charge in [-0.15, -0.1) is 0 Å². The van der Waals surface area contributed by atoms with Gasteiger partial charge in [-0.05, 0) is 56.4 Å². The molecular formula is C21H29N5O3. The van der Waals surface area contributed by atoms with Gasteiger partial charge in [-0.25, -0.2) is 0 Å². The molecule has 3 N–H and O–H groups in total. The number of hydrogen-bond donors (Lipinski definition) is 2.